The second kappa shape index (κ2) is 4.26. The lowest BCUT2D eigenvalue weighted by Crippen LogP contribution is -1.82. The summed E-state index contributed by atoms with van der Waals surface area (Å²) in [4.78, 5) is 10.8. The molecule has 0 aliphatic carbocycles. The number of aromatic hydroxyl groups is 1. The van der Waals surface area contributed by atoms with Gasteiger partial charge in [0.2, 0.25) is 0 Å². The first-order valence-electron chi connectivity index (χ1n) is 3.86. The van der Waals surface area contributed by atoms with Crippen molar-refractivity contribution in [3.05, 3.63) is 48.6 Å². The normalized spacial score (nSPS) is 10.2. The smallest absolute Gasteiger partial charge is 0.178 e. The second-order valence-electron chi connectivity index (χ2n) is 2.50. The lowest BCUT2D eigenvalue weighted by molar-refractivity contribution is -0.110. The molecule has 1 N–H and O–H groups in total. The molecule has 0 amide bonds. The molecule has 0 bridgehead atoms. The van der Waals surface area contributed by atoms with Crippen molar-refractivity contribution in [2.45, 2.75) is 0 Å². The summed E-state index contributed by atoms with van der Waals surface area (Å²) >= 11 is 0. The van der Waals surface area contributed by atoms with Crippen LogP contribution in [0.4, 0.5) is 0 Å². The van der Waals surface area contributed by atoms with Crippen molar-refractivity contribution in [3.8, 4) is 5.75 Å². The molecule has 0 radical (unpaired) electrons. The van der Waals surface area contributed by atoms with Crippen molar-refractivity contribution < 1.29 is 9.90 Å². The van der Waals surface area contributed by atoms with Crippen LogP contribution in [-0.2, 0) is 4.79 Å². The predicted octanol–water partition coefficient (Wildman–Crippen LogP) is 2.16. The molecule has 0 spiro atoms. The predicted molar refractivity (Wildman–Crippen MR) is 52.3 cm³/mol. The fraction of sp³-hybridized carbons (Fsp3) is 0. The molecular formula is C11H10O2. The Hall–Kier alpha value is -1.83. The number of benzene rings is 1. The lowest BCUT2D eigenvalue weighted by atomic mass is 10.2. The maximum Gasteiger partial charge on any atom is 0.178 e. The highest BCUT2D eigenvalue weighted by Gasteiger charge is 1.94. The summed E-state index contributed by atoms with van der Waals surface area (Å²) in [5.41, 5.74) is 0.623. The average Bonchev–Trinajstić information content (AvgIpc) is 2.16. The molecule has 2 heteroatoms. The summed E-state index contributed by atoms with van der Waals surface area (Å²) in [6.07, 6.45) is 4.14. The van der Waals surface area contributed by atoms with Gasteiger partial charge in [0.25, 0.3) is 0 Å². The number of rotatable bonds is 3. The maximum absolute atomic E-state index is 10.8. The Balaban J connectivity index is 2.85. The van der Waals surface area contributed by atoms with E-state index in [9.17, 15) is 9.90 Å². The maximum atomic E-state index is 10.8. The number of carbonyl (C=O) groups is 1. The van der Waals surface area contributed by atoms with Gasteiger partial charge in [0.1, 0.15) is 5.75 Å². The van der Waals surface area contributed by atoms with E-state index in [0.29, 0.717) is 5.56 Å². The summed E-state index contributed by atoms with van der Waals surface area (Å²) in [6.45, 7) is 3.33. The first-order chi connectivity index (χ1) is 6.24. The van der Waals surface area contributed by atoms with E-state index < -0.39 is 0 Å². The lowest BCUT2D eigenvalue weighted by Gasteiger charge is -1.95. The number of para-hydroxylation sites is 1. The molecule has 1 aromatic carbocycles. The molecule has 0 aliphatic rings. The van der Waals surface area contributed by atoms with Crippen molar-refractivity contribution in [1.82, 2.24) is 0 Å². The highest BCUT2D eigenvalue weighted by Crippen LogP contribution is 2.16. The van der Waals surface area contributed by atoms with Gasteiger partial charge in [-0.2, -0.15) is 0 Å². The minimum absolute atomic E-state index is 0.163. The molecule has 0 unspecified atom stereocenters. The minimum Gasteiger partial charge on any atom is -0.507 e. The zero-order valence-corrected chi connectivity index (χ0v) is 7.10. The van der Waals surface area contributed by atoms with Gasteiger partial charge >= 0.3 is 0 Å². The van der Waals surface area contributed by atoms with Gasteiger partial charge < -0.3 is 5.11 Å². The third kappa shape index (κ3) is 2.60. The van der Waals surface area contributed by atoms with Crippen LogP contribution in [0.2, 0.25) is 0 Å². The van der Waals surface area contributed by atoms with Crippen LogP contribution >= 0.6 is 0 Å². The molecule has 0 aromatic heterocycles. The Morgan fingerprint density at radius 2 is 2.08 bits per heavy atom. The van der Waals surface area contributed by atoms with Gasteiger partial charge in [0.15, 0.2) is 5.78 Å². The van der Waals surface area contributed by atoms with Crippen LogP contribution in [0.3, 0.4) is 0 Å². The van der Waals surface area contributed by atoms with Crippen molar-refractivity contribution in [2.24, 2.45) is 0 Å². The van der Waals surface area contributed by atoms with E-state index in [2.05, 4.69) is 6.58 Å². The van der Waals surface area contributed by atoms with E-state index >= 15 is 0 Å². The van der Waals surface area contributed by atoms with Gasteiger partial charge in [-0.1, -0.05) is 24.8 Å². The van der Waals surface area contributed by atoms with E-state index in [4.69, 9.17) is 0 Å². The fourth-order valence-electron chi connectivity index (χ4n) is 0.868. The first-order valence-corrected chi connectivity index (χ1v) is 3.86. The van der Waals surface area contributed by atoms with Crippen LogP contribution < -0.4 is 0 Å². The van der Waals surface area contributed by atoms with E-state index in [0.717, 1.165) is 0 Å². The Morgan fingerprint density at radius 1 is 1.38 bits per heavy atom. The summed E-state index contributed by atoms with van der Waals surface area (Å²) in [7, 11) is 0. The van der Waals surface area contributed by atoms with E-state index in [1.165, 1.54) is 12.2 Å². The van der Waals surface area contributed by atoms with E-state index in [-0.39, 0.29) is 11.5 Å². The molecule has 0 atom stereocenters. The highest BCUT2D eigenvalue weighted by molar-refractivity contribution is 6.01. The zero-order chi connectivity index (χ0) is 9.68. The van der Waals surface area contributed by atoms with Crippen molar-refractivity contribution in [3.63, 3.8) is 0 Å². The molecular weight excluding hydrogens is 164 g/mol. The number of phenolic OH excluding ortho intramolecular Hbond substituents is 1. The van der Waals surface area contributed by atoms with Gasteiger partial charge in [0, 0.05) is 5.56 Å². The van der Waals surface area contributed by atoms with Crippen LogP contribution in [0.5, 0.6) is 5.75 Å². The summed E-state index contributed by atoms with van der Waals surface area (Å²) in [6, 6.07) is 6.81. The van der Waals surface area contributed by atoms with Crippen LogP contribution in [-0.4, -0.2) is 10.9 Å². The first kappa shape index (κ1) is 9.26. The molecule has 0 saturated heterocycles. The van der Waals surface area contributed by atoms with E-state index in [1.54, 1.807) is 30.3 Å². The Morgan fingerprint density at radius 3 is 2.69 bits per heavy atom. The SMILES string of the molecule is C=CC(=O)/C=C/c1ccccc1O. The quantitative estimate of drug-likeness (QED) is 0.713. The van der Waals surface area contributed by atoms with Crippen LogP contribution in [0.15, 0.2) is 43.0 Å². The summed E-state index contributed by atoms with van der Waals surface area (Å²) in [5, 5.41) is 9.31. The number of ketones is 1. The number of allylic oxidation sites excluding steroid dienone is 2. The number of carbonyl (C=O) groups excluding carboxylic acids is 1. The van der Waals surface area contributed by atoms with Crippen LogP contribution in [0.1, 0.15) is 5.56 Å². The molecule has 0 saturated carbocycles. The monoisotopic (exact) mass is 174 g/mol. The molecule has 0 fully saturated rings. The van der Waals surface area contributed by atoms with Crippen molar-refractivity contribution in [1.29, 1.82) is 0 Å². The Bertz CT molecular complexity index is 351. The molecule has 0 heterocycles. The van der Waals surface area contributed by atoms with Crippen LogP contribution in [0, 0.1) is 0 Å². The zero-order valence-electron chi connectivity index (χ0n) is 7.10. The Kier molecular flexibility index (Phi) is 3.03. The molecule has 1 aromatic rings. The van der Waals surface area contributed by atoms with Gasteiger partial charge in [-0.15, -0.1) is 0 Å². The number of hydrogen-bond acceptors (Lipinski definition) is 2. The molecule has 1 rings (SSSR count). The molecule has 2 nitrogen and oxygen atoms in total. The van der Waals surface area contributed by atoms with Gasteiger partial charge in [-0.05, 0) is 24.3 Å². The molecule has 66 valence electrons. The van der Waals surface area contributed by atoms with Crippen molar-refractivity contribution in [2.75, 3.05) is 0 Å². The van der Waals surface area contributed by atoms with Gasteiger partial charge in [0.05, 0.1) is 0 Å². The van der Waals surface area contributed by atoms with Crippen LogP contribution in [0.25, 0.3) is 6.08 Å². The average molecular weight is 174 g/mol. The second-order valence-corrected chi connectivity index (χ2v) is 2.50. The topological polar surface area (TPSA) is 37.3 Å². The summed E-state index contributed by atoms with van der Waals surface area (Å²) < 4.78 is 0. The van der Waals surface area contributed by atoms with E-state index in [1.807, 2.05) is 0 Å². The number of phenols is 1. The molecule has 0 aliphatic heterocycles. The molecule has 13 heavy (non-hydrogen) atoms. The third-order valence-corrected chi connectivity index (χ3v) is 1.57. The fourth-order valence-corrected chi connectivity index (χ4v) is 0.868. The minimum atomic E-state index is -0.178. The van der Waals surface area contributed by atoms with Gasteiger partial charge in [-0.25, -0.2) is 0 Å². The van der Waals surface area contributed by atoms with Gasteiger partial charge in [-0.3, -0.25) is 4.79 Å². The highest BCUT2D eigenvalue weighted by atomic mass is 16.3. The number of hydrogen-bond donors (Lipinski definition) is 1. The van der Waals surface area contributed by atoms with Crippen molar-refractivity contribution >= 4 is 11.9 Å². The Labute approximate surface area is 76.8 Å². The standard InChI is InChI=1S/C11H10O2/c1-2-10(12)8-7-9-5-3-4-6-11(9)13/h2-8,13H,1H2/b8-7+. The largest absolute Gasteiger partial charge is 0.507 e. The third-order valence-electron chi connectivity index (χ3n) is 1.57. The summed E-state index contributed by atoms with van der Waals surface area (Å²) in [5.74, 6) is -0.0149.